The number of benzene rings is 2. The van der Waals surface area contributed by atoms with Gasteiger partial charge in [-0.1, -0.05) is 18.2 Å². The molecule has 0 atom stereocenters. The van der Waals surface area contributed by atoms with Crippen molar-refractivity contribution in [1.29, 1.82) is 5.26 Å². The van der Waals surface area contributed by atoms with Crippen LogP contribution >= 0.6 is 11.3 Å². The Kier molecular flexibility index (Phi) is 5.69. The van der Waals surface area contributed by atoms with Crippen LogP contribution in [0.1, 0.15) is 17.0 Å². The molecule has 0 aliphatic heterocycles. The largest absolute Gasteiger partial charge is 0.493 e. The number of thiazole rings is 1. The Labute approximate surface area is 159 Å². The number of carbonyl (C=O) groups is 1. The van der Waals surface area contributed by atoms with Crippen LogP contribution in [0.2, 0.25) is 0 Å². The first-order valence-electron chi connectivity index (χ1n) is 8.07. The predicted octanol–water partition coefficient (Wildman–Crippen LogP) is 4.22. The van der Waals surface area contributed by atoms with Crippen molar-refractivity contribution in [3.05, 3.63) is 53.0 Å². The Morgan fingerprint density at radius 3 is 2.81 bits per heavy atom. The van der Waals surface area contributed by atoms with Crippen molar-refractivity contribution < 1.29 is 19.4 Å². The molecular weight excluding hydrogens is 364 g/mol. The number of fused-ring (bicyclic) bond motifs is 1. The van der Waals surface area contributed by atoms with Crippen LogP contribution in [0.15, 0.2) is 42.5 Å². The zero-order chi connectivity index (χ0) is 19.2. The number of hydrogen-bond donors (Lipinski definition) is 1. The lowest BCUT2D eigenvalue weighted by molar-refractivity contribution is -0.135. The summed E-state index contributed by atoms with van der Waals surface area (Å²) < 4.78 is 11.6. The van der Waals surface area contributed by atoms with E-state index in [1.807, 2.05) is 30.3 Å². The standard InChI is InChI=1S/C20H16N2O4S/c1-25-17-11-13(6-7-16(17)26-9-8-21)10-14(12-19(23)24)20-22-15-4-2-3-5-18(15)27-20/h2-7,10-11H,9,12H2,1H3,(H,23,24). The number of para-hydroxylation sites is 1. The quantitative estimate of drug-likeness (QED) is 0.660. The number of methoxy groups -OCH3 is 1. The summed E-state index contributed by atoms with van der Waals surface area (Å²) in [4.78, 5) is 15.9. The minimum absolute atomic E-state index is 0.0818. The first-order valence-corrected chi connectivity index (χ1v) is 8.88. The molecule has 136 valence electrons. The molecule has 7 heteroatoms. The van der Waals surface area contributed by atoms with Crippen LogP contribution in [0.25, 0.3) is 21.9 Å². The van der Waals surface area contributed by atoms with E-state index in [0.717, 1.165) is 15.8 Å². The number of carboxylic acids is 1. The van der Waals surface area contributed by atoms with Gasteiger partial charge in [0.1, 0.15) is 11.1 Å². The number of carboxylic acid groups (broad SMARTS) is 1. The second-order valence-corrected chi connectivity index (χ2v) is 6.61. The van der Waals surface area contributed by atoms with E-state index in [4.69, 9.17) is 14.7 Å². The lowest BCUT2D eigenvalue weighted by Gasteiger charge is -2.09. The maximum absolute atomic E-state index is 11.3. The van der Waals surface area contributed by atoms with E-state index in [0.29, 0.717) is 22.1 Å². The fraction of sp³-hybridized carbons (Fsp3) is 0.150. The average molecular weight is 380 g/mol. The zero-order valence-corrected chi connectivity index (χ0v) is 15.3. The highest BCUT2D eigenvalue weighted by molar-refractivity contribution is 7.19. The molecule has 1 aromatic heterocycles. The number of hydrogen-bond acceptors (Lipinski definition) is 6. The van der Waals surface area contributed by atoms with Gasteiger partial charge in [0, 0.05) is 0 Å². The highest BCUT2D eigenvalue weighted by Crippen LogP contribution is 2.33. The van der Waals surface area contributed by atoms with Gasteiger partial charge >= 0.3 is 5.97 Å². The fourth-order valence-corrected chi connectivity index (χ4v) is 3.54. The van der Waals surface area contributed by atoms with E-state index in [1.54, 1.807) is 24.3 Å². The molecule has 6 nitrogen and oxygen atoms in total. The maximum Gasteiger partial charge on any atom is 0.307 e. The molecule has 3 aromatic rings. The number of nitrogens with zero attached hydrogens (tertiary/aromatic N) is 2. The van der Waals surface area contributed by atoms with Crippen molar-refractivity contribution >= 4 is 39.2 Å². The van der Waals surface area contributed by atoms with E-state index in [9.17, 15) is 9.90 Å². The molecule has 0 aliphatic carbocycles. The summed E-state index contributed by atoms with van der Waals surface area (Å²) in [6.45, 7) is -0.0818. The molecule has 0 unspecified atom stereocenters. The monoisotopic (exact) mass is 380 g/mol. The molecule has 1 N–H and O–H groups in total. The maximum atomic E-state index is 11.3. The van der Waals surface area contributed by atoms with Gasteiger partial charge in [-0.15, -0.1) is 11.3 Å². The Bertz CT molecular complexity index is 1020. The van der Waals surface area contributed by atoms with Gasteiger partial charge in [0.15, 0.2) is 18.1 Å². The van der Waals surface area contributed by atoms with E-state index >= 15 is 0 Å². The van der Waals surface area contributed by atoms with Gasteiger partial charge in [-0.3, -0.25) is 4.79 Å². The van der Waals surface area contributed by atoms with Crippen LogP contribution in [0.4, 0.5) is 0 Å². The first-order chi connectivity index (χ1) is 13.1. The van der Waals surface area contributed by atoms with E-state index < -0.39 is 5.97 Å². The number of nitriles is 1. The first kappa shape index (κ1) is 18.4. The van der Waals surface area contributed by atoms with Gasteiger partial charge in [-0.05, 0) is 41.5 Å². The van der Waals surface area contributed by atoms with Crippen molar-refractivity contribution in [3.63, 3.8) is 0 Å². The molecule has 0 saturated carbocycles. The van der Waals surface area contributed by atoms with Crippen LogP contribution in [0, 0.1) is 11.3 Å². The summed E-state index contributed by atoms with van der Waals surface area (Å²) >= 11 is 1.46. The van der Waals surface area contributed by atoms with Gasteiger partial charge in [-0.25, -0.2) is 4.98 Å². The minimum atomic E-state index is -0.929. The van der Waals surface area contributed by atoms with Gasteiger partial charge in [0.2, 0.25) is 0 Å². The summed E-state index contributed by atoms with van der Waals surface area (Å²) in [5.74, 6) is -0.00427. The highest BCUT2D eigenvalue weighted by atomic mass is 32.1. The third-order valence-corrected chi connectivity index (χ3v) is 4.84. The second kappa shape index (κ2) is 8.34. The summed E-state index contributed by atoms with van der Waals surface area (Å²) in [7, 11) is 1.51. The van der Waals surface area contributed by atoms with E-state index in [-0.39, 0.29) is 13.0 Å². The van der Waals surface area contributed by atoms with Gasteiger partial charge in [0.05, 0.1) is 23.7 Å². The molecule has 0 radical (unpaired) electrons. The van der Waals surface area contributed by atoms with Crippen LogP contribution in [-0.2, 0) is 4.79 Å². The molecule has 27 heavy (non-hydrogen) atoms. The summed E-state index contributed by atoms with van der Waals surface area (Å²) in [6, 6.07) is 14.8. The van der Waals surface area contributed by atoms with E-state index in [2.05, 4.69) is 4.98 Å². The predicted molar refractivity (Wildman–Crippen MR) is 104 cm³/mol. The SMILES string of the molecule is COc1cc(C=C(CC(=O)O)c2nc3ccccc3s2)ccc1OCC#N. The molecule has 2 aromatic carbocycles. The Morgan fingerprint density at radius 2 is 2.11 bits per heavy atom. The van der Waals surface area contributed by atoms with Crippen LogP contribution < -0.4 is 9.47 Å². The minimum Gasteiger partial charge on any atom is -0.493 e. The molecule has 0 fully saturated rings. The third kappa shape index (κ3) is 4.43. The van der Waals surface area contributed by atoms with Crippen LogP contribution in [-0.4, -0.2) is 29.8 Å². The van der Waals surface area contributed by atoms with Gasteiger partial charge < -0.3 is 14.6 Å². The molecule has 0 aliphatic rings. The molecule has 3 rings (SSSR count). The van der Waals surface area contributed by atoms with Gasteiger partial charge in [0.25, 0.3) is 0 Å². The fourth-order valence-electron chi connectivity index (χ4n) is 2.57. The number of ether oxygens (including phenoxy) is 2. The summed E-state index contributed by atoms with van der Waals surface area (Å²) in [5.41, 5.74) is 2.20. The number of aliphatic carboxylic acids is 1. The molecule has 0 spiro atoms. The topological polar surface area (TPSA) is 92.4 Å². The Hall–Kier alpha value is -3.37. The lowest BCUT2D eigenvalue weighted by atomic mass is 10.1. The Morgan fingerprint density at radius 1 is 1.30 bits per heavy atom. The zero-order valence-electron chi connectivity index (χ0n) is 14.5. The molecular formula is C20H16N2O4S. The molecule has 0 saturated heterocycles. The average Bonchev–Trinajstić information content (AvgIpc) is 3.10. The van der Waals surface area contributed by atoms with Crippen molar-refractivity contribution in [3.8, 4) is 17.6 Å². The Balaban J connectivity index is 2.00. The van der Waals surface area contributed by atoms with Gasteiger partial charge in [-0.2, -0.15) is 5.26 Å². The summed E-state index contributed by atoms with van der Waals surface area (Å²) in [5, 5.41) is 18.6. The second-order valence-electron chi connectivity index (χ2n) is 5.58. The smallest absolute Gasteiger partial charge is 0.307 e. The highest BCUT2D eigenvalue weighted by Gasteiger charge is 2.13. The van der Waals surface area contributed by atoms with Crippen LogP contribution in [0.5, 0.6) is 11.5 Å². The summed E-state index contributed by atoms with van der Waals surface area (Å²) in [6.07, 6.45) is 1.64. The number of aromatic nitrogens is 1. The number of rotatable bonds is 7. The van der Waals surface area contributed by atoms with Crippen molar-refractivity contribution in [1.82, 2.24) is 4.98 Å². The van der Waals surface area contributed by atoms with Crippen molar-refractivity contribution in [2.45, 2.75) is 6.42 Å². The van der Waals surface area contributed by atoms with Crippen LogP contribution in [0.3, 0.4) is 0 Å². The van der Waals surface area contributed by atoms with E-state index in [1.165, 1.54) is 18.4 Å². The molecule has 1 heterocycles. The lowest BCUT2D eigenvalue weighted by Crippen LogP contribution is -1.98. The molecule has 0 bridgehead atoms. The molecule has 0 amide bonds. The third-order valence-electron chi connectivity index (χ3n) is 3.73. The normalized spacial score (nSPS) is 11.2. The van der Waals surface area contributed by atoms with Crippen molar-refractivity contribution in [2.24, 2.45) is 0 Å². The van der Waals surface area contributed by atoms with Crippen molar-refractivity contribution in [2.75, 3.05) is 13.7 Å².